The van der Waals surface area contributed by atoms with Crippen molar-refractivity contribution in [2.45, 2.75) is 50.6 Å². The molecule has 0 amide bonds. The van der Waals surface area contributed by atoms with Crippen molar-refractivity contribution in [1.82, 2.24) is 4.90 Å². The van der Waals surface area contributed by atoms with Crippen LogP contribution in [-0.2, 0) is 6.54 Å². The molecule has 0 aromatic heterocycles. The molecule has 2 fully saturated rings. The Hall–Kier alpha value is -1.80. The highest BCUT2D eigenvalue weighted by Gasteiger charge is 2.30. The standard InChI is InChI=1S/C22H26N2.ClH/c1-3-9-18(10-4-1)17-24-16-8-15-22(24)23-21-14-7-13-20(21)19-11-5-2-6-12-19;/h1-6,9-12,20-21H,7-8,13-17H2;1H/t20-,21-;/m0./s1. The van der Waals surface area contributed by atoms with Gasteiger partial charge in [-0.05, 0) is 30.4 Å². The fourth-order valence-electron chi connectivity index (χ4n) is 4.21. The Morgan fingerprint density at radius 1 is 0.880 bits per heavy atom. The van der Waals surface area contributed by atoms with Crippen molar-refractivity contribution in [2.24, 2.45) is 4.99 Å². The molecule has 2 atom stereocenters. The van der Waals surface area contributed by atoms with E-state index in [4.69, 9.17) is 4.99 Å². The lowest BCUT2D eigenvalue weighted by molar-refractivity contribution is 0.442. The second-order valence-corrected chi connectivity index (χ2v) is 7.07. The molecule has 0 radical (unpaired) electrons. The molecule has 3 heteroatoms. The summed E-state index contributed by atoms with van der Waals surface area (Å²) in [7, 11) is 0. The highest BCUT2D eigenvalue weighted by molar-refractivity contribution is 5.85. The van der Waals surface area contributed by atoms with Crippen LogP contribution in [0.5, 0.6) is 0 Å². The van der Waals surface area contributed by atoms with Crippen LogP contribution < -0.4 is 0 Å². The van der Waals surface area contributed by atoms with Gasteiger partial charge in [0.05, 0.1) is 11.9 Å². The van der Waals surface area contributed by atoms with Gasteiger partial charge in [-0.15, -0.1) is 12.4 Å². The van der Waals surface area contributed by atoms with Crippen molar-refractivity contribution >= 4 is 18.2 Å². The summed E-state index contributed by atoms with van der Waals surface area (Å²) >= 11 is 0. The molecule has 0 unspecified atom stereocenters. The first kappa shape index (κ1) is 18.0. The summed E-state index contributed by atoms with van der Waals surface area (Å²) < 4.78 is 0. The first-order valence-electron chi connectivity index (χ1n) is 9.30. The van der Waals surface area contributed by atoms with Crippen molar-refractivity contribution in [2.75, 3.05) is 6.54 Å². The molecule has 132 valence electrons. The number of halogens is 1. The molecule has 0 bridgehead atoms. The molecule has 25 heavy (non-hydrogen) atoms. The van der Waals surface area contributed by atoms with Crippen molar-refractivity contribution in [3.05, 3.63) is 71.8 Å². The maximum Gasteiger partial charge on any atom is 0.0996 e. The Morgan fingerprint density at radius 3 is 2.36 bits per heavy atom. The van der Waals surface area contributed by atoms with Gasteiger partial charge < -0.3 is 4.90 Å². The van der Waals surface area contributed by atoms with E-state index in [1.54, 1.807) is 0 Å². The molecule has 1 aliphatic carbocycles. The SMILES string of the molecule is Cl.c1ccc(CN2CCCC2=N[C@H]2CCC[C@H]2c2ccccc2)cc1. The molecule has 1 saturated carbocycles. The van der Waals surface area contributed by atoms with E-state index in [1.165, 1.54) is 42.6 Å². The quantitative estimate of drug-likeness (QED) is 0.713. The highest BCUT2D eigenvalue weighted by atomic mass is 35.5. The van der Waals surface area contributed by atoms with E-state index < -0.39 is 0 Å². The van der Waals surface area contributed by atoms with Gasteiger partial charge in [0.15, 0.2) is 0 Å². The van der Waals surface area contributed by atoms with E-state index in [0.717, 1.165) is 19.5 Å². The molecule has 2 aromatic carbocycles. The van der Waals surface area contributed by atoms with Crippen LogP contribution in [0, 0.1) is 0 Å². The van der Waals surface area contributed by atoms with Crippen LogP contribution in [0.1, 0.15) is 49.1 Å². The summed E-state index contributed by atoms with van der Waals surface area (Å²) in [5, 5.41) is 0. The Kier molecular flexibility index (Phi) is 6.14. The minimum absolute atomic E-state index is 0. The average molecular weight is 355 g/mol. The zero-order chi connectivity index (χ0) is 16.2. The van der Waals surface area contributed by atoms with E-state index in [2.05, 4.69) is 65.6 Å². The minimum Gasteiger partial charge on any atom is -0.356 e. The third-order valence-electron chi connectivity index (χ3n) is 5.43. The summed E-state index contributed by atoms with van der Waals surface area (Å²) in [6.07, 6.45) is 6.21. The van der Waals surface area contributed by atoms with E-state index in [0.29, 0.717) is 12.0 Å². The van der Waals surface area contributed by atoms with Crippen molar-refractivity contribution < 1.29 is 0 Å². The lowest BCUT2D eigenvalue weighted by atomic mass is 9.94. The number of hydrogen-bond donors (Lipinski definition) is 0. The fourth-order valence-corrected chi connectivity index (χ4v) is 4.21. The number of amidine groups is 1. The average Bonchev–Trinajstić information content (AvgIpc) is 3.27. The van der Waals surface area contributed by atoms with Crippen molar-refractivity contribution in [3.8, 4) is 0 Å². The second kappa shape index (κ2) is 8.53. The largest absolute Gasteiger partial charge is 0.356 e. The summed E-state index contributed by atoms with van der Waals surface area (Å²) in [5.41, 5.74) is 2.86. The number of aliphatic imine (C=N–C) groups is 1. The van der Waals surface area contributed by atoms with Gasteiger partial charge in [0, 0.05) is 25.4 Å². The van der Waals surface area contributed by atoms with Gasteiger partial charge >= 0.3 is 0 Å². The molecule has 2 aromatic rings. The Balaban J connectivity index is 0.00000182. The second-order valence-electron chi connectivity index (χ2n) is 7.07. The predicted molar refractivity (Wildman–Crippen MR) is 108 cm³/mol. The molecule has 0 N–H and O–H groups in total. The molecule has 4 rings (SSSR count). The van der Waals surface area contributed by atoms with Crippen LogP contribution >= 0.6 is 12.4 Å². The van der Waals surface area contributed by atoms with E-state index >= 15 is 0 Å². The predicted octanol–water partition coefficient (Wildman–Crippen LogP) is 5.44. The maximum atomic E-state index is 5.25. The van der Waals surface area contributed by atoms with Gasteiger partial charge in [-0.3, -0.25) is 4.99 Å². The van der Waals surface area contributed by atoms with Crippen LogP contribution in [0.2, 0.25) is 0 Å². The number of rotatable bonds is 4. The summed E-state index contributed by atoms with van der Waals surface area (Å²) in [4.78, 5) is 7.75. The molecule has 1 aliphatic heterocycles. The van der Waals surface area contributed by atoms with E-state index in [9.17, 15) is 0 Å². The van der Waals surface area contributed by atoms with Gasteiger partial charge in [-0.1, -0.05) is 67.1 Å². The van der Waals surface area contributed by atoms with Crippen LogP contribution in [0.4, 0.5) is 0 Å². The van der Waals surface area contributed by atoms with Crippen LogP contribution in [0.25, 0.3) is 0 Å². The minimum atomic E-state index is 0. The third-order valence-corrected chi connectivity index (χ3v) is 5.43. The summed E-state index contributed by atoms with van der Waals surface area (Å²) in [6, 6.07) is 22.2. The van der Waals surface area contributed by atoms with Gasteiger partial charge in [0.2, 0.25) is 0 Å². The molecule has 2 nitrogen and oxygen atoms in total. The van der Waals surface area contributed by atoms with E-state index in [-0.39, 0.29) is 12.4 Å². The smallest absolute Gasteiger partial charge is 0.0996 e. The Labute approximate surface area is 157 Å². The highest BCUT2D eigenvalue weighted by Crippen LogP contribution is 2.37. The molecule has 1 saturated heterocycles. The maximum absolute atomic E-state index is 5.25. The first-order valence-corrected chi connectivity index (χ1v) is 9.30. The van der Waals surface area contributed by atoms with Gasteiger partial charge in [-0.25, -0.2) is 0 Å². The van der Waals surface area contributed by atoms with Crippen LogP contribution in [0.15, 0.2) is 65.7 Å². The van der Waals surface area contributed by atoms with Crippen molar-refractivity contribution in [3.63, 3.8) is 0 Å². The van der Waals surface area contributed by atoms with Crippen LogP contribution in [-0.4, -0.2) is 23.3 Å². The Bertz CT molecular complexity index is 684. The van der Waals surface area contributed by atoms with Gasteiger partial charge in [0.25, 0.3) is 0 Å². The zero-order valence-corrected chi connectivity index (χ0v) is 15.5. The number of likely N-dealkylation sites (tertiary alicyclic amines) is 1. The topological polar surface area (TPSA) is 15.6 Å². The molecule has 1 heterocycles. The Morgan fingerprint density at radius 2 is 1.60 bits per heavy atom. The number of benzene rings is 2. The zero-order valence-electron chi connectivity index (χ0n) is 14.7. The molecular formula is C22H27ClN2. The molecule has 0 spiro atoms. The lowest BCUT2D eigenvalue weighted by Gasteiger charge is -2.23. The fraction of sp³-hybridized carbons (Fsp3) is 0.409. The summed E-state index contributed by atoms with van der Waals surface area (Å²) in [6.45, 7) is 2.15. The normalized spacial score (nSPS) is 24.5. The first-order chi connectivity index (χ1) is 11.9. The van der Waals surface area contributed by atoms with Crippen LogP contribution in [0.3, 0.4) is 0 Å². The van der Waals surface area contributed by atoms with Crippen molar-refractivity contribution in [1.29, 1.82) is 0 Å². The number of nitrogens with zero attached hydrogens (tertiary/aromatic N) is 2. The third kappa shape index (κ3) is 4.24. The van der Waals surface area contributed by atoms with Gasteiger partial charge in [0.1, 0.15) is 0 Å². The van der Waals surface area contributed by atoms with Gasteiger partial charge in [-0.2, -0.15) is 0 Å². The molecule has 2 aliphatic rings. The number of hydrogen-bond acceptors (Lipinski definition) is 1. The van der Waals surface area contributed by atoms with E-state index in [1.807, 2.05) is 0 Å². The molecular weight excluding hydrogens is 328 g/mol. The summed E-state index contributed by atoms with van der Waals surface area (Å²) in [5.74, 6) is 1.95. The monoisotopic (exact) mass is 354 g/mol. The lowest BCUT2D eigenvalue weighted by Crippen LogP contribution is -2.26.